The Morgan fingerprint density at radius 3 is 3.00 bits per heavy atom. The fourth-order valence-electron chi connectivity index (χ4n) is 1.40. The number of thiazole rings is 1. The molecule has 0 bridgehead atoms. The molecule has 1 heterocycles. The average molecular weight is 217 g/mol. The molecule has 1 unspecified atom stereocenters. The van der Waals surface area contributed by atoms with E-state index in [0.29, 0.717) is 5.13 Å². The van der Waals surface area contributed by atoms with Crippen molar-refractivity contribution in [1.29, 1.82) is 4.78 Å². The number of nitrogens with zero attached hydrogens (tertiary/aromatic N) is 1. The van der Waals surface area contributed by atoms with Gasteiger partial charge in [-0.3, -0.25) is 4.72 Å². The van der Waals surface area contributed by atoms with Crippen LogP contribution in [0.25, 0.3) is 0 Å². The number of aryl methyl sites for hydroxylation is 2. The zero-order chi connectivity index (χ0) is 9.47. The normalized spacial score (nSPS) is 19.5. The minimum atomic E-state index is -2.67. The highest BCUT2D eigenvalue weighted by Crippen LogP contribution is 2.30. The summed E-state index contributed by atoms with van der Waals surface area (Å²) in [4.78, 5) is 5.57. The van der Waals surface area contributed by atoms with E-state index >= 15 is 0 Å². The van der Waals surface area contributed by atoms with E-state index in [0.717, 1.165) is 18.5 Å². The SMILES string of the molecule is CS(=N)(=O)Nc1nc2c(s1)CCC2. The van der Waals surface area contributed by atoms with Gasteiger partial charge in [0.2, 0.25) is 0 Å². The van der Waals surface area contributed by atoms with Crippen LogP contribution in [0.3, 0.4) is 0 Å². The number of anilines is 1. The summed E-state index contributed by atoms with van der Waals surface area (Å²) in [6.07, 6.45) is 4.64. The Hall–Kier alpha value is -0.620. The first-order valence-corrected chi connectivity index (χ1v) is 6.83. The number of hydrogen-bond donors (Lipinski definition) is 2. The van der Waals surface area contributed by atoms with Crippen LogP contribution in [-0.2, 0) is 22.8 Å². The van der Waals surface area contributed by atoms with Crippen LogP contribution in [0, 0.1) is 4.78 Å². The van der Waals surface area contributed by atoms with E-state index in [1.807, 2.05) is 0 Å². The van der Waals surface area contributed by atoms with Crippen LogP contribution in [0.4, 0.5) is 5.13 Å². The molecular formula is C7H11N3OS2. The first kappa shape index (κ1) is 8.96. The average Bonchev–Trinajstić information content (AvgIpc) is 2.40. The van der Waals surface area contributed by atoms with Gasteiger partial charge in [0.15, 0.2) is 5.13 Å². The molecule has 0 radical (unpaired) electrons. The summed E-state index contributed by atoms with van der Waals surface area (Å²) in [6, 6.07) is 0. The summed E-state index contributed by atoms with van der Waals surface area (Å²) in [5.74, 6) is 0. The Bertz CT molecular complexity index is 399. The van der Waals surface area contributed by atoms with Crippen molar-refractivity contribution in [3.05, 3.63) is 10.6 Å². The molecule has 4 nitrogen and oxygen atoms in total. The van der Waals surface area contributed by atoms with Crippen molar-refractivity contribution < 1.29 is 4.21 Å². The van der Waals surface area contributed by atoms with Crippen molar-refractivity contribution in [3.8, 4) is 0 Å². The fraction of sp³-hybridized carbons (Fsp3) is 0.571. The van der Waals surface area contributed by atoms with Crippen molar-refractivity contribution in [2.24, 2.45) is 0 Å². The van der Waals surface area contributed by atoms with Gasteiger partial charge in [-0.1, -0.05) is 0 Å². The number of nitrogens with one attached hydrogen (secondary N) is 2. The maximum absolute atomic E-state index is 11.1. The molecule has 6 heteroatoms. The van der Waals surface area contributed by atoms with Gasteiger partial charge in [0.25, 0.3) is 0 Å². The molecule has 2 N–H and O–H groups in total. The van der Waals surface area contributed by atoms with Gasteiger partial charge in [0, 0.05) is 11.1 Å². The quantitative estimate of drug-likeness (QED) is 0.790. The molecule has 72 valence electrons. The predicted molar refractivity (Wildman–Crippen MR) is 54.5 cm³/mol. The van der Waals surface area contributed by atoms with Gasteiger partial charge in [0.05, 0.1) is 5.69 Å². The van der Waals surface area contributed by atoms with E-state index in [4.69, 9.17) is 4.78 Å². The van der Waals surface area contributed by atoms with Crippen molar-refractivity contribution in [2.75, 3.05) is 11.0 Å². The Balaban J connectivity index is 2.24. The molecule has 0 aromatic carbocycles. The van der Waals surface area contributed by atoms with E-state index in [1.165, 1.54) is 28.9 Å². The molecule has 0 saturated carbocycles. The third kappa shape index (κ3) is 2.00. The summed E-state index contributed by atoms with van der Waals surface area (Å²) in [5, 5.41) is 0.632. The maximum Gasteiger partial charge on any atom is 0.195 e. The molecule has 0 spiro atoms. The third-order valence-corrected chi connectivity index (χ3v) is 3.66. The molecule has 13 heavy (non-hydrogen) atoms. The molecule has 1 aliphatic rings. The van der Waals surface area contributed by atoms with Gasteiger partial charge in [-0.15, -0.1) is 11.3 Å². The van der Waals surface area contributed by atoms with Crippen molar-refractivity contribution in [3.63, 3.8) is 0 Å². The summed E-state index contributed by atoms with van der Waals surface area (Å²) in [6.45, 7) is 0. The third-order valence-electron chi connectivity index (χ3n) is 1.88. The number of hydrogen-bond acceptors (Lipinski definition) is 4. The van der Waals surface area contributed by atoms with Crippen LogP contribution >= 0.6 is 11.3 Å². The molecule has 0 saturated heterocycles. The van der Waals surface area contributed by atoms with Crippen molar-refractivity contribution >= 4 is 26.4 Å². The predicted octanol–water partition coefficient (Wildman–Crippen LogP) is 1.64. The smallest absolute Gasteiger partial charge is 0.195 e. The van der Waals surface area contributed by atoms with Crippen LogP contribution in [-0.4, -0.2) is 15.4 Å². The lowest BCUT2D eigenvalue weighted by molar-refractivity contribution is 0.682. The Morgan fingerprint density at radius 2 is 2.38 bits per heavy atom. The highest BCUT2D eigenvalue weighted by Gasteiger charge is 2.17. The van der Waals surface area contributed by atoms with Gasteiger partial charge < -0.3 is 0 Å². The Kier molecular flexibility index (Phi) is 2.03. The summed E-state index contributed by atoms with van der Waals surface area (Å²) >= 11 is 1.53. The lowest BCUT2D eigenvalue weighted by Gasteiger charge is -1.99. The van der Waals surface area contributed by atoms with Crippen LogP contribution in [0.15, 0.2) is 0 Å². The molecule has 0 amide bonds. The molecule has 1 aliphatic carbocycles. The number of aromatic nitrogens is 1. The van der Waals surface area contributed by atoms with Gasteiger partial charge in [-0.25, -0.2) is 14.0 Å². The second kappa shape index (κ2) is 2.95. The van der Waals surface area contributed by atoms with E-state index < -0.39 is 9.92 Å². The molecule has 1 aromatic rings. The highest BCUT2D eigenvalue weighted by molar-refractivity contribution is 7.93. The summed E-state index contributed by atoms with van der Waals surface area (Å²) in [7, 11) is -2.67. The number of rotatable bonds is 2. The van der Waals surface area contributed by atoms with Crippen molar-refractivity contribution in [2.45, 2.75) is 19.3 Å². The molecule has 1 aromatic heterocycles. The fourth-order valence-corrected chi connectivity index (χ4v) is 3.32. The highest BCUT2D eigenvalue weighted by atomic mass is 32.2. The zero-order valence-corrected chi connectivity index (χ0v) is 8.93. The number of fused-ring (bicyclic) bond motifs is 1. The minimum Gasteiger partial charge on any atom is -0.275 e. The largest absolute Gasteiger partial charge is 0.275 e. The standard InChI is InChI=1S/C7H11N3OS2/c1-13(8,11)10-7-9-5-3-2-4-6(5)12-7/h2-4H2,1H3,(H2,8,9,10,11). The monoisotopic (exact) mass is 217 g/mol. The van der Waals surface area contributed by atoms with E-state index in [-0.39, 0.29) is 0 Å². The van der Waals surface area contributed by atoms with E-state index in [1.54, 1.807) is 0 Å². The van der Waals surface area contributed by atoms with Crippen LogP contribution < -0.4 is 4.72 Å². The Labute approximate surface area is 81.5 Å². The lowest BCUT2D eigenvalue weighted by atomic mass is 10.4. The molecular weight excluding hydrogens is 206 g/mol. The van der Waals surface area contributed by atoms with E-state index in [9.17, 15) is 4.21 Å². The first-order chi connectivity index (χ1) is 6.04. The zero-order valence-electron chi connectivity index (χ0n) is 7.29. The maximum atomic E-state index is 11.1. The molecule has 0 aliphatic heterocycles. The Morgan fingerprint density at radius 1 is 1.62 bits per heavy atom. The molecule has 0 fully saturated rings. The molecule has 1 atom stereocenters. The minimum absolute atomic E-state index is 0.632. The first-order valence-electron chi connectivity index (χ1n) is 4.05. The topological polar surface area (TPSA) is 65.8 Å². The van der Waals surface area contributed by atoms with Crippen molar-refractivity contribution in [1.82, 2.24) is 4.98 Å². The van der Waals surface area contributed by atoms with Gasteiger partial charge in [0.1, 0.15) is 9.92 Å². The van der Waals surface area contributed by atoms with Crippen LogP contribution in [0.2, 0.25) is 0 Å². The second-order valence-electron chi connectivity index (χ2n) is 3.19. The van der Waals surface area contributed by atoms with Gasteiger partial charge in [-0.2, -0.15) is 0 Å². The molecule has 2 rings (SSSR count). The van der Waals surface area contributed by atoms with Crippen LogP contribution in [0.1, 0.15) is 17.0 Å². The van der Waals surface area contributed by atoms with E-state index in [2.05, 4.69) is 9.71 Å². The van der Waals surface area contributed by atoms with Crippen LogP contribution in [0.5, 0.6) is 0 Å². The summed E-state index contributed by atoms with van der Waals surface area (Å²) < 4.78 is 20.9. The lowest BCUT2D eigenvalue weighted by Crippen LogP contribution is -2.07. The van der Waals surface area contributed by atoms with Gasteiger partial charge in [-0.05, 0) is 19.3 Å². The van der Waals surface area contributed by atoms with Gasteiger partial charge >= 0.3 is 0 Å². The second-order valence-corrected chi connectivity index (χ2v) is 6.16. The summed E-state index contributed by atoms with van der Waals surface area (Å²) in [5.41, 5.74) is 1.12.